The van der Waals surface area contributed by atoms with Crippen LogP contribution < -0.4 is 5.32 Å². The van der Waals surface area contributed by atoms with Crippen LogP contribution in [0.4, 0.5) is 0 Å². The van der Waals surface area contributed by atoms with Crippen molar-refractivity contribution < 1.29 is 19.5 Å². The highest BCUT2D eigenvalue weighted by molar-refractivity contribution is 5.86. The second-order valence-electron chi connectivity index (χ2n) is 5.71. The lowest BCUT2D eigenvalue weighted by Gasteiger charge is -2.35. The van der Waals surface area contributed by atoms with Gasteiger partial charge in [0.15, 0.2) is 0 Å². The van der Waals surface area contributed by atoms with Gasteiger partial charge in [-0.05, 0) is 25.7 Å². The van der Waals surface area contributed by atoms with E-state index in [0.717, 1.165) is 0 Å². The summed E-state index contributed by atoms with van der Waals surface area (Å²) >= 11 is 0. The van der Waals surface area contributed by atoms with Crippen LogP contribution in [0.3, 0.4) is 0 Å². The average molecular weight is 294 g/mol. The zero-order valence-corrected chi connectivity index (χ0v) is 12.2. The van der Waals surface area contributed by atoms with Crippen molar-refractivity contribution in [2.45, 2.75) is 25.7 Å². The summed E-state index contributed by atoms with van der Waals surface area (Å²) in [6.45, 7) is 1.06. The third-order valence-electron chi connectivity index (χ3n) is 4.49. The topological polar surface area (TPSA) is 86.7 Å². The summed E-state index contributed by atoms with van der Waals surface area (Å²) in [7, 11) is 1.62. The van der Waals surface area contributed by atoms with Gasteiger partial charge in [0.2, 0.25) is 11.8 Å². The molecule has 2 rings (SSSR count). The maximum atomic E-state index is 12.5. The Kier molecular flexibility index (Phi) is 4.98. The third-order valence-corrected chi connectivity index (χ3v) is 4.49. The Balaban J connectivity index is 1.96. The molecule has 21 heavy (non-hydrogen) atoms. The van der Waals surface area contributed by atoms with Gasteiger partial charge in [0.1, 0.15) is 0 Å². The minimum Gasteiger partial charge on any atom is -0.481 e. The molecular formula is C15H22N2O4. The van der Waals surface area contributed by atoms with Crippen molar-refractivity contribution in [1.29, 1.82) is 0 Å². The van der Waals surface area contributed by atoms with E-state index in [-0.39, 0.29) is 17.7 Å². The number of hydrogen-bond acceptors (Lipinski definition) is 3. The molecule has 1 heterocycles. The average Bonchev–Trinajstić information content (AvgIpc) is 2.53. The number of aliphatic carboxylic acids is 1. The number of carbonyl (C=O) groups excluding carboxylic acids is 2. The lowest BCUT2D eigenvalue weighted by atomic mass is 9.81. The molecule has 2 amide bonds. The number of carboxylic acids is 1. The lowest BCUT2D eigenvalue weighted by Crippen LogP contribution is -2.47. The van der Waals surface area contributed by atoms with E-state index in [0.29, 0.717) is 38.8 Å². The fourth-order valence-corrected chi connectivity index (χ4v) is 3.16. The van der Waals surface area contributed by atoms with Crippen LogP contribution in [-0.2, 0) is 14.4 Å². The number of amides is 2. The molecule has 0 aromatic rings. The highest BCUT2D eigenvalue weighted by Crippen LogP contribution is 2.29. The number of allylic oxidation sites excluding steroid dienone is 2. The van der Waals surface area contributed by atoms with Crippen LogP contribution >= 0.6 is 0 Å². The molecule has 6 heteroatoms. The Hall–Kier alpha value is -1.85. The maximum absolute atomic E-state index is 12.5. The van der Waals surface area contributed by atoms with Crippen molar-refractivity contribution in [3.05, 3.63) is 12.2 Å². The van der Waals surface area contributed by atoms with Crippen molar-refractivity contribution >= 4 is 17.8 Å². The Morgan fingerprint density at radius 2 is 1.67 bits per heavy atom. The monoisotopic (exact) mass is 294 g/mol. The van der Waals surface area contributed by atoms with Crippen molar-refractivity contribution in [3.63, 3.8) is 0 Å². The van der Waals surface area contributed by atoms with Crippen molar-refractivity contribution in [2.24, 2.45) is 17.8 Å². The third kappa shape index (κ3) is 3.43. The fraction of sp³-hybridized carbons (Fsp3) is 0.667. The van der Waals surface area contributed by atoms with E-state index >= 15 is 0 Å². The van der Waals surface area contributed by atoms with E-state index in [1.165, 1.54) is 0 Å². The van der Waals surface area contributed by atoms with Crippen molar-refractivity contribution in [3.8, 4) is 0 Å². The summed E-state index contributed by atoms with van der Waals surface area (Å²) in [6, 6.07) is 0. The molecule has 1 aliphatic carbocycles. The first-order chi connectivity index (χ1) is 10.0. The van der Waals surface area contributed by atoms with E-state index in [1.807, 2.05) is 12.2 Å². The van der Waals surface area contributed by atoms with Gasteiger partial charge in [-0.2, -0.15) is 0 Å². The van der Waals surface area contributed by atoms with Crippen LogP contribution in [0.5, 0.6) is 0 Å². The van der Waals surface area contributed by atoms with Crippen LogP contribution in [0.1, 0.15) is 25.7 Å². The van der Waals surface area contributed by atoms with E-state index in [4.69, 9.17) is 0 Å². The van der Waals surface area contributed by atoms with Gasteiger partial charge in [-0.1, -0.05) is 12.2 Å². The Morgan fingerprint density at radius 1 is 1.10 bits per heavy atom. The normalized spacial score (nSPS) is 26.4. The van der Waals surface area contributed by atoms with E-state index in [9.17, 15) is 19.5 Å². The molecule has 0 spiro atoms. The number of rotatable bonds is 3. The van der Waals surface area contributed by atoms with Gasteiger partial charge in [0, 0.05) is 26.1 Å². The van der Waals surface area contributed by atoms with Gasteiger partial charge in [0.05, 0.1) is 11.8 Å². The number of carbonyl (C=O) groups is 3. The molecule has 6 nitrogen and oxygen atoms in total. The highest BCUT2D eigenvalue weighted by Gasteiger charge is 2.37. The van der Waals surface area contributed by atoms with Gasteiger partial charge in [-0.25, -0.2) is 0 Å². The van der Waals surface area contributed by atoms with E-state index in [2.05, 4.69) is 5.32 Å². The zero-order valence-electron chi connectivity index (χ0n) is 12.2. The molecule has 0 bridgehead atoms. The SMILES string of the molecule is CNC(=O)C1CCN(C(=O)[C@@H]2CC=CC[C@@H]2C(=O)O)CC1. The molecule has 1 fully saturated rings. The summed E-state index contributed by atoms with van der Waals surface area (Å²) in [4.78, 5) is 37.1. The van der Waals surface area contributed by atoms with Gasteiger partial charge >= 0.3 is 5.97 Å². The Morgan fingerprint density at radius 3 is 2.19 bits per heavy atom. The van der Waals surface area contributed by atoms with Gasteiger partial charge in [-0.15, -0.1) is 0 Å². The summed E-state index contributed by atoms with van der Waals surface area (Å²) in [5, 5.41) is 11.9. The second kappa shape index (κ2) is 6.74. The fourth-order valence-electron chi connectivity index (χ4n) is 3.16. The van der Waals surface area contributed by atoms with Crippen LogP contribution in [0.15, 0.2) is 12.2 Å². The first kappa shape index (κ1) is 15.5. The number of nitrogens with zero attached hydrogens (tertiary/aromatic N) is 1. The molecule has 2 N–H and O–H groups in total. The van der Waals surface area contributed by atoms with Crippen molar-refractivity contribution in [1.82, 2.24) is 10.2 Å². The van der Waals surface area contributed by atoms with Gasteiger partial charge in [0.25, 0.3) is 0 Å². The molecule has 0 radical (unpaired) electrons. The van der Waals surface area contributed by atoms with E-state index in [1.54, 1.807) is 11.9 Å². The smallest absolute Gasteiger partial charge is 0.307 e. The maximum Gasteiger partial charge on any atom is 0.307 e. The number of nitrogens with one attached hydrogen (secondary N) is 1. The molecule has 116 valence electrons. The quantitative estimate of drug-likeness (QED) is 0.748. The highest BCUT2D eigenvalue weighted by atomic mass is 16.4. The molecule has 2 atom stereocenters. The number of carboxylic acid groups (broad SMARTS) is 1. The second-order valence-corrected chi connectivity index (χ2v) is 5.71. The predicted octanol–water partition coefficient (Wildman–Crippen LogP) is 0.638. The zero-order chi connectivity index (χ0) is 15.4. The van der Waals surface area contributed by atoms with Crippen LogP contribution in [0, 0.1) is 17.8 Å². The molecule has 0 aromatic heterocycles. The summed E-state index contributed by atoms with van der Waals surface area (Å²) in [5.41, 5.74) is 0. The predicted molar refractivity (Wildman–Crippen MR) is 76.4 cm³/mol. The summed E-state index contributed by atoms with van der Waals surface area (Å²) < 4.78 is 0. The molecule has 2 aliphatic rings. The van der Waals surface area contributed by atoms with Crippen LogP contribution in [0.25, 0.3) is 0 Å². The Bertz CT molecular complexity index is 453. The minimum absolute atomic E-state index is 0.0195. The summed E-state index contributed by atoms with van der Waals surface area (Å²) in [6.07, 6.45) is 5.92. The molecule has 0 saturated carbocycles. The number of likely N-dealkylation sites (tertiary alicyclic amines) is 1. The largest absolute Gasteiger partial charge is 0.481 e. The van der Waals surface area contributed by atoms with Crippen LogP contribution in [-0.4, -0.2) is 47.9 Å². The van der Waals surface area contributed by atoms with Gasteiger partial charge in [-0.3, -0.25) is 14.4 Å². The van der Waals surface area contributed by atoms with Gasteiger partial charge < -0.3 is 15.3 Å². The summed E-state index contributed by atoms with van der Waals surface area (Å²) in [5.74, 6) is -2.10. The first-order valence-electron chi connectivity index (χ1n) is 7.42. The molecule has 1 aliphatic heterocycles. The number of hydrogen-bond donors (Lipinski definition) is 2. The van der Waals surface area contributed by atoms with Crippen LogP contribution in [0.2, 0.25) is 0 Å². The minimum atomic E-state index is -0.905. The standard InChI is InChI=1S/C15H22N2O4/c1-16-13(18)10-6-8-17(9-7-10)14(19)11-4-2-3-5-12(11)15(20)21/h2-3,10-12H,4-9H2,1H3,(H,16,18)(H,20,21)/t11-,12+/m1/s1. The molecule has 1 saturated heterocycles. The van der Waals surface area contributed by atoms with E-state index < -0.39 is 17.8 Å². The molecule has 0 unspecified atom stereocenters. The first-order valence-corrected chi connectivity index (χ1v) is 7.42. The number of piperidine rings is 1. The Labute approximate surface area is 124 Å². The van der Waals surface area contributed by atoms with Crippen molar-refractivity contribution in [2.75, 3.05) is 20.1 Å². The molecule has 0 aromatic carbocycles. The molecular weight excluding hydrogens is 272 g/mol. The lowest BCUT2D eigenvalue weighted by molar-refractivity contribution is -0.151.